The van der Waals surface area contributed by atoms with Gasteiger partial charge in [-0.05, 0) is 12.1 Å². The molecule has 1 aromatic rings. The van der Waals surface area contributed by atoms with E-state index in [1.807, 2.05) is 0 Å². The largest absolute Gasteiger partial charge is 0.508 e. The highest BCUT2D eigenvalue weighted by Gasteiger charge is 2.41. The van der Waals surface area contributed by atoms with Crippen LogP contribution in [0.25, 0.3) is 0 Å². The maximum absolute atomic E-state index is 12.8. The number of carbonyl (C=O) groups is 1. The summed E-state index contributed by atoms with van der Waals surface area (Å²) in [6.07, 6.45) is 0.547. The molecule has 0 bridgehead atoms. The number of nitrogens with zero attached hydrogens (tertiary/aromatic N) is 2. The third kappa shape index (κ3) is 3.09. The van der Waals surface area contributed by atoms with E-state index in [1.54, 1.807) is 30.3 Å². The van der Waals surface area contributed by atoms with Crippen molar-refractivity contribution in [2.24, 2.45) is 5.73 Å². The first kappa shape index (κ1) is 16.7. The first-order chi connectivity index (χ1) is 11.5. The molecule has 0 aliphatic carbocycles. The number of hydrogen-bond acceptors (Lipinski definition) is 6. The van der Waals surface area contributed by atoms with E-state index >= 15 is 0 Å². The number of hydrogen-bond donors (Lipinski definition) is 4. The smallest absolute Gasteiger partial charge is 0.327 e. The van der Waals surface area contributed by atoms with Crippen molar-refractivity contribution in [2.45, 2.75) is 37.6 Å². The minimum atomic E-state index is -0.830. The number of benzene rings is 1. The lowest BCUT2D eigenvalue weighted by Crippen LogP contribution is -2.54. The monoisotopic (exact) mass is 335 g/mol. The van der Waals surface area contributed by atoms with E-state index < -0.39 is 24.6 Å². The van der Waals surface area contributed by atoms with Gasteiger partial charge in [-0.3, -0.25) is 4.90 Å². The van der Waals surface area contributed by atoms with Crippen LogP contribution < -0.4 is 5.73 Å². The average Bonchev–Trinajstić information content (AvgIpc) is 2.93. The number of amides is 2. The lowest BCUT2D eigenvalue weighted by molar-refractivity contribution is -0.0586. The molecule has 2 amide bonds. The number of aliphatic hydroxyl groups is 2. The number of carbonyl (C=O) groups excluding carboxylic acids is 1. The van der Waals surface area contributed by atoms with Gasteiger partial charge in [0.1, 0.15) is 24.2 Å². The Kier molecular flexibility index (Phi) is 4.72. The first-order valence-corrected chi connectivity index (χ1v) is 7.75. The zero-order valence-electron chi connectivity index (χ0n) is 13.0. The molecule has 1 fully saturated rings. The van der Waals surface area contributed by atoms with E-state index in [4.69, 9.17) is 10.5 Å². The van der Waals surface area contributed by atoms with Crippen LogP contribution in [0.15, 0.2) is 36.5 Å². The molecule has 0 aromatic heterocycles. The Morgan fingerprint density at radius 2 is 2.08 bits per heavy atom. The number of phenols is 1. The van der Waals surface area contributed by atoms with Gasteiger partial charge in [0, 0.05) is 18.2 Å². The molecule has 2 heterocycles. The fourth-order valence-corrected chi connectivity index (χ4v) is 2.89. The molecular formula is C16H21N3O5. The summed E-state index contributed by atoms with van der Waals surface area (Å²) in [6.45, 7) is -0.170. The van der Waals surface area contributed by atoms with Crippen LogP contribution in [0.1, 0.15) is 12.0 Å². The Hall–Kier alpha value is -2.13. The van der Waals surface area contributed by atoms with Crippen LogP contribution in [0.2, 0.25) is 0 Å². The summed E-state index contributed by atoms with van der Waals surface area (Å²) in [6, 6.07) is 6.35. The number of rotatable bonds is 4. The van der Waals surface area contributed by atoms with Gasteiger partial charge in [0.15, 0.2) is 0 Å². The Balaban J connectivity index is 1.77. The maximum atomic E-state index is 12.8. The second kappa shape index (κ2) is 6.78. The molecule has 1 saturated heterocycles. The van der Waals surface area contributed by atoms with Gasteiger partial charge in [-0.25, -0.2) is 4.79 Å². The fraction of sp³-hybridized carbons (Fsp3) is 0.438. The van der Waals surface area contributed by atoms with Crippen LogP contribution in [0.5, 0.6) is 5.75 Å². The number of nitrogens with two attached hydrogens (primary N) is 1. The zero-order valence-corrected chi connectivity index (χ0v) is 13.0. The van der Waals surface area contributed by atoms with Gasteiger partial charge in [-0.1, -0.05) is 18.2 Å². The van der Waals surface area contributed by atoms with Crippen LogP contribution in [-0.4, -0.2) is 62.4 Å². The predicted molar refractivity (Wildman–Crippen MR) is 84.4 cm³/mol. The highest BCUT2D eigenvalue weighted by molar-refractivity contribution is 5.77. The molecule has 8 heteroatoms. The summed E-state index contributed by atoms with van der Waals surface area (Å²) in [7, 11) is 0. The van der Waals surface area contributed by atoms with Crippen LogP contribution in [0.4, 0.5) is 4.79 Å². The number of aliphatic hydroxyl groups excluding tert-OH is 2. The van der Waals surface area contributed by atoms with Gasteiger partial charge in [0.05, 0.1) is 19.3 Å². The van der Waals surface area contributed by atoms with Crippen molar-refractivity contribution in [2.75, 3.05) is 6.61 Å². The topological polar surface area (TPSA) is 119 Å². The van der Waals surface area contributed by atoms with E-state index in [0.29, 0.717) is 5.56 Å². The standard InChI is InChI=1S/C16H21N3O5/c17-14-5-6-18(15-7-12(22)13(9-20)24-15)16(23)19(14)8-10-3-1-2-4-11(10)21/h1-6,12-15,20-22H,7-9,17H2/t12-,13+,14?,15+/m0/s1. The number of aromatic hydroxyl groups is 1. The van der Waals surface area contributed by atoms with Gasteiger partial charge >= 0.3 is 6.03 Å². The molecule has 5 N–H and O–H groups in total. The Morgan fingerprint density at radius 3 is 2.75 bits per heavy atom. The molecule has 1 aromatic carbocycles. The number of para-hydroxylation sites is 1. The number of phenolic OH excluding ortho intramolecular Hbond substituents is 1. The van der Waals surface area contributed by atoms with Crippen molar-refractivity contribution in [3.63, 3.8) is 0 Å². The quantitative estimate of drug-likeness (QED) is 0.610. The van der Waals surface area contributed by atoms with Crippen molar-refractivity contribution in [3.8, 4) is 5.75 Å². The predicted octanol–water partition coefficient (Wildman–Crippen LogP) is -0.103. The molecule has 130 valence electrons. The molecule has 1 unspecified atom stereocenters. The summed E-state index contributed by atoms with van der Waals surface area (Å²) >= 11 is 0. The molecule has 0 saturated carbocycles. The highest BCUT2D eigenvalue weighted by atomic mass is 16.5. The molecule has 0 radical (unpaired) electrons. The van der Waals surface area contributed by atoms with E-state index in [-0.39, 0.29) is 31.4 Å². The van der Waals surface area contributed by atoms with Crippen LogP contribution in [0.3, 0.4) is 0 Å². The molecule has 0 spiro atoms. The van der Waals surface area contributed by atoms with E-state index in [9.17, 15) is 20.1 Å². The summed E-state index contributed by atoms with van der Waals surface area (Å²) in [5, 5.41) is 28.9. The van der Waals surface area contributed by atoms with Crippen molar-refractivity contribution < 1.29 is 24.9 Å². The van der Waals surface area contributed by atoms with Gasteiger partial charge in [0.25, 0.3) is 0 Å². The van der Waals surface area contributed by atoms with Crippen molar-refractivity contribution in [3.05, 3.63) is 42.1 Å². The van der Waals surface area contributed by atoms with Crippen LogP contribution in [0, 0.1) is 0 Å². The van der Waals surface area contributed by atoms with Gasteiger partial charge in [0.2, 0.25) is 0 Å². The molecule has 8 nitrogen and oxygen atoms in total. The summed E-state index contributed by atoms with van der Waals surface area (Å²) in [5.74, 6) is 0.0893. The number of urea groups is 1. The molecular weight excluding hydrogens is 314 g/mol. The van der Waals surface area contributed by atoms with Crippen molar-refractivity contribution >= 4 is 6.03 Å². The van der Waals surface area contributed by atoms with E-state index in [1.165, 1.54) is 16.0 Å². The Labute approximate surface area is 139 Å². The minimum absolute atomic E-state index is 0.0893. The maximum Gasteiger partial charge on any atom is 0.327 e. The Morgan fingerprint density at radius 1 is 1.33 bits per heavy atom. The lowest BCUT2D eigenvalue weighted by Gasteiger charge is -2.38. The molecule has 2 aliphatic rings. The zero-order chi connectivity index (χ0) is 17.3. The minimum Gasteiger partial charge on any atom is -0.508 e. The second-order valence-corrected chi connectivity index (χ2v) is 5.89. The highest BCUT2D eigenvalue weighted by Crippen LogP contribution is 2.28. The molecule has 24 heavy (non-hydrogen) atoms. The fourth-order valence-electron chi connectivity index (χ4n) is 2.89. The molecule has 2 aliphatic heterocycles. The third-order valence-electron chi connectivity index (χ3n) is 4.30. The summed E-state index contributed by atoms with van der Waals surface area (Å²) in [4.78, 5) is 15.5. The van der Waals surface area contributed by atoms with Crippen LogP contribution in [-0.2, 0) is 11.3 Å². The average molecular weight is 335 g/mol. The summed E-state index contributed by atoms with van der Waals surface area (Å²) < 4.78 is 5.53. The van der Waals surface area contributed by atoms with Gasteiger partial charge < -0.3 is 30.7 Å². The van der Waals surface area contributed by atoms with Gasteiger partial charge in [-0.2, -0.15) is 0 Å². The molecule has 3 rings (SSSR count). The summed E-state index contributed by atoms with van der Waals surface area (Å²) in [5.41, 5.74) is 6.57. The van der Waals surface area contributed by atoms with E-state index in [2.05, 4.69) is 0 Å². The first-order valence-electron chi connectivity index (χ1n) is 7.75. The van der Waals surface area contributed by atoms with Crippen molar-refractivity contribution in [1.29, 1.82) is 0 Å². The normalized spacial score (nSPS) is 30.2. The van der Waals surface area contributed by atoms with Gasteiger partial charge in [-0.15, -0.1) is 0 Å². The SMILES string of the molecule is NC1C=CN([C@H]2C[C@H](O)[C@@H](CO)O2)C(=O)N1Cc1ccccc1O. The molecule has 4 atom stereocenters. The third-order valence-corrected chi connectivity index (χ3v) is 4.30. The lowest BCUT2D eigenvalue weighted by atomic mass is 10.1. The van der Waals surface area contributed by atoms with Crippen molar-refractivity contribution in [1.82, 2.24) is 9.80 Å². The second-order valence-electron chi connectivity index (χ2n) is 5.89. The van der Waals surface area contributed by atoms with Crippen LogP contribution >= 0.6 is 0 Å². The number of ether oxygens (including phenoxy) is 1. The Bertz CT molecular complexity index is 638. The van der Waals surface area contributed by atoms with E-state index in [0.717, 1.165) is 0 Å².